The second kappa shape index (κ2) is 8.05. The zero-order valence-electron chi connectivity index (χ0n) is 17.7. The van der Waals surface area contributed by atoms with E-state index in [9.17, 15) is 9.59 Å². The van der Waals surface area contributed by atoms with Crippen LogP contribution in [0.4, 0.5) is 5.82 Å². The summed E-state index contributed by atoms with van der Waals surface area (Å²) in [4.78, 5) is 35.5. The van der Waals surface area contributed by atoms with Gasteiger partial charge in [0.2, 0.25) is 11.8 Å². The van der Waals surface area contributed by atoms with Crippen LogP contribution >= 0.6 is 15.9 Å². The van der Waals surface area contributed by atoms with Crippen LogP contribution in [-0.4, -0.2) is 38.5 Å². The fourth-order valence-corrected chi connectivity index (χ4v) is 4.57. The van der Waals surface area contributed by atoms with Crippen LogP contribution in [0.25, 0.3) is 21.9 Å². The van der Waals surface area contributed by atoms with E-state index in [1.807, 2.05) is 56.3 Å². The number of anilines is 1. The lowest BCUT2D eigenvalue weighted by atomic mass is 10.0. The lowest BCUT2D eigenvalue weighted by molar-refractivity contribution is -0.127. The quantitative estimate of drug-likeness (QED) is 0.388. The molecule has 2 atom stereocenters. The van der Waals surface area contributed by atoms with Gasteiger partial charge in [-0.25, -0.2) is 4.98 Å². The van der Waals surface area contributed by atoms with Crippen molar-refractivity contribution in [1.82, 2.24) is 25.5 Å². The van der Waals surface area contributed by atoms with E-state index in [0.717, 1.165) is 32.2 Å². The second-order valence-corrected chi connectivity index (χ2v) is 9.43. The van der Waals surface area contributed by atoms with E-state index >= 15 is 0 Å². The monoisotopic (exact) mass is 494 g/mol. The predicted molar refractivity (Wildman–Crippen MR) is 126 cm³/mol. The highest BCUT2D eigenvalue weighted by atomic mass is 79.9. The normalized spacial score (nSPS) is 17.6. The molecule has 0 radical (unpaired) electrons. The zero-order valence-corrected chi connectivity index (χ0v) is 19.3. The Balaban J connectivity index is 1.35. The molecule has 3 heterocycles. The van der Waals surface area contributed by atoms with Gasteiger partial charge in [0.1, 0.15) is 5.82 Å². The number of nitrogens with one attached hydrogen (secondary N) is 3. The molecule has 0 bridgehead atoms. The molecular weight excluding hydrogens is 472 g/mol. The summed E-state index contributed by atoms with van der Waals surface area (Å²) in [6.45, 7) is 4.38. The Bertz CT molecular complexity index is 1290. The maximum absolute atomic E-state index is 13.2. The molecule has 0 spiro atoms. The Labute approximate surface area is 192 Å². The third-order valence-electron chi connectivity index (χ3n) is 5.92. The van der Waals surface area contributed by atoms with Crippen LogP contribution in [0.2, 0.25) is 0 Å². The molecule has 0 aliphatic carbocycles. The summed E-state index contributed by atoms with van der Waals surface area (Å²) in [5, 5.41) is 11.3. The first-order valence-electron chi connectivity index (χ1n) is 10.6. The smallest absolute Gasteiger partial charge is 0.229 e. The van der Waals surface area contributed by atoms with Crippen LogP contribution < -0.4 is 10.2 Å². The molecule has 32 heavy (non-hydrogen) atoms. The summed E-state index contributed by atoms with van der Waals surface area (Å²) in [5.74, 6) is 0.704. The number of hydrogen-bond acceptors (Lipinski definition) is 4. The van der Waals surface area contributed by atoms with Crippen LogP contribution in [0.15, 0.2) is 46.9 Å². The second-order valence-electron chi connectivity index (χ2n) is 8.51. The number of benzene rings is 2. The molecule has 3 N–H and O–H groups in total. The highest BCUT2D eigenvalue weighted by Crippen LogP contribution is 2.32. The molecule has 4 aromatic rings. The van der Waals surface area contributed by atoms with Crippen molar-refractivity contribution in [3.8, 4) is 0 Å². The fraction of sp³-hybridized carbons (Fsp3) is 0.304. The molecule has 5 rings (SSSR count). The summed E-state index contributed by atoms with van der Waals surface area (Å²) < 4.78 is 0.926. The number of halogens is 1. The summed E-state index contributed by atoms with van der Waals surface area (Å²) in [7, 11) is 0. The van der Waals surface area contributed by atoms with Gasteiger partial charge >= 0.3 is 0 Å². The number of rotatable bonds is 5. The van der Waals surface area contributed by atoms with Crippen molar-refractivity contribution >= 4 is 55.5 Å². The number of fused-ring (bicyclic) bond motifs is 2. The average Bonchev–Trinajstić information content (AvgIpc) is 3.47. The van der Waals surface area contributed by atoms with E-state index in [4.69, 9.17) is 0 Å². The highest BCUT2D eigenvalue weighted by Gasteiger charge is 2.38. The number of aromatic nitrogens is 4. The maximum atomic E-state index is 13.2. The van der Waals surface area contributed by atoms with Gasteiger partial charge in [0.15, 0.2) is 5.82 Å². The van der Waals surface area contributed by atoms with Crippen LogP contribution in [0.3, 0.4) is 0 Å². The average molecular weight is 495 g/mol. The van der Waals surface area contributed by atoms with E-state index in [-0.39, 0.29) is 30.2 Å². The highest BCUT2D eigenvalue weighted by molar-refractivity contribution is 9.10. The molecule has 1 aliphatic rings. The van der Waals surface area contributed by atoms with Gasteiger partial charge in [-0.1, -0.05) is 41.9 Å². The molecule has 0 saturated carbocycles. The van der Waals surface area contributed by atoms with Crippen molar-refractivity contribution in [1.29, 1.82) is 0 Å². The largest absolute Gasteiger partial charge is 0.346 e. The molecule has 2 amide bonds. The van der Waals surface area contributed by atoms with E-state index in [1.165, 1.54) is 0 Å². The minimum Gasteiger partial charge on any atom is -0.346 e. The Morgan fingerprint density at radius 2 is 2.03 bits per heavy atom. The Kier molecular flexibility index (Phi) is 5.21. The van der Waals surface area contributed by atoms with Gasteiger partial charge in [0, 0.05) is 22.8 Å². The van der Waals surface area contributed by atoms with Crippen molar-refractivity contribution in [2.24, 2.45) is 11.8 Å². The van der Waals surface area contributed by atoms with Gasteiger partial charge < -0.3 is 10.3 Å². The number of nitrogens with zero attached hydrogens (tertiary/aromatic N) is 3. The van der Waals surface area contributed by atoms with Crippen LogP contribution in [-0.2, 0) is 9.59 Å². The van der Waals surface area contributed by atoms with Crippen molar-refractivity contribution in [2.45, 2.75) is 26.3 Å². The third kappa shape index (κ3) is 3.66. The standard InChI is InChI=1S/C23H23BrN6O2/c1-12(2)20(21-25-16-5-3-4-6-17(16)26-21)27-23(32)13-9-19(31)30(11-13)22-15-8-7-14(24)10-18(15)28-29-22/h3-8,10,12-13,20H,9,11H2,1-2H3,(H,25,26)(H,27,32)(H,28,29)/t13-,20+/m0/s1. The molecule has 164 valence electrons. The summed E-state index contributed by atoms with van der Waals surface area (Å²) in [5.41, 5.74) is 2.63. The molecule has 8 nitrogen and oxygen atoms in total. The number of para-hydroxylation sites is 2. The number of amides is 2. The molecule has 1 saturated heterocycles. The first-order chi connectivity index (χ1) is 15.4. The van der Waals surface area contributed by atoms with E-state index < -0.39 is 5.92 Å². The SMILES string of the molecule is CC(C)[C@@H](NC(=O)[C@H]1CC(=O)N(c2n[nH]c3cc(Br)ccc23)C1)c1nc2ccccc2[nH]1. The zero-order chi connectivity index (χ0) is 22.4. The van der Waals surface area contributed by atoms with Crippen molar-refractivity contribution in [2.75, 3.05) is 11.4 Å². The number of aromatic amines is 2. The minimum atomic E-state index is -0.449. The Morgan fingerprint density at radius 1 is 1.22 bits per heavy atom. The number of H-pyrrole nitrogens is 2. The molecule has 9 heteroatoms. The number of hydrogen-bond donors (Lipinski definition) is 3. The first-order valence-corrected chi connectivity index (χ1v) is 11.4. The summed E-state index contributed by atoms with van der Waals surface area (Å²) >= 11 is 3.44. The van der Waals surface area contributed by atoms with E-state index in [2.05, 4.69) is 41.4 Å². The van der Waals surface area contributed by atoms with Crippen LogP contribution in [0.1, 0.15) is 32.1 Å². The van der Waals surface area contributed by atoms with Crippen molar-refractivity contribution < 1.29 is 9.59 Å². The summed E-state index contributed by atoms with van der Waals surface area (Å²) in [6.07, 6.45) is 0.154. The topological polar surface area (TPSA) is 107 Å². The van der Waals surface area contributed by atoms with Gasteiger partial charge in [-0.2, -0.15) is 5.10 Å². The van der Waals surface area contributed by atoms with Gasteiger partial charge in [0.05, 0.1) is 28.5 Å². The number of carbonyl (C=O) groups is 2. The molecule has 0 unspecified atom stereocenters. The number of carbonyl (C=O) groups excluding carboxylic acids is 2. The summed E-state index contributed by atoms with van der Waals surface area (Å²) in [6, 6.07) is 13.2. The maximum Gasteiger partial charge on any atom is 0.229 e. The van der Waals surface area contributed by atoms with E-state index in [0.29, 0.717) is 12.4 Å². The predicted octanol–water partition coefficient (Wildman–Crippen LogP) is 4.07. The van der Waals surface area contributed by atoms with Crippen molar-refractivity contribution in [3.05, 3.63) is 52.8 Å². The lowest BCUT2D eigenvalue weighted by Crippen LogP contribution is -2.38. The van der Waals surface area contributed by atoms with Crippen LogP contribution in [0, 0.1) is 11.8 Å². The van der Waals surface area contributed by atoms with Gasteiger partial charge in [-0.3, -0.25) is 19.6 Å². The van der Waals surface area contributed by atoms with Crippen molar-refractivity contribution in [3.63, 3.8) is 0 Å². The lowest BCUT2D eigenvalue weighted by Gasteiger charge is -2.22. The first kappa shape index (κ1) is 20.7. The van der Waals surface area contributed by atoms with Crippen LogP contribution in [0.5, 0.6) is 0 Å². The fourth-order valence-electron chi connectivity index (χ4n) is 4.21. The van der Waals surface area contributed by atoms with E-state index in [1.54, 1.807) is 4.90 Å². The molecule has 1 fully saturated rings. The minimum absolute atomic E-state index is 0.105. The Hall–Kier alpha value is -3.20. The van der Waals surface area contributed by atoms with Gasteiger partial charge in [-0.05, 0) is 36.2 Å². The molecule has 1 aliphatic heterocycles. The molecular formula is C23H23BrN6O2. The molecule has 2 aromatic heterocycles. The van der Waals surface area contributed by atoms with Gasteiger partial charge in [0.25, 0.3) is 0 Å². The van der Waals surface area contributed by atoms with Gasteiger partial charge in [-0.15, -0.1) is 0 Å². The number of imidazole rings is 1. The molecule has 2 aromatic carbocycles. The third-order valence-corrected chi connectivity index (χ3v) is 6.42. The Morgan fingerprint density at radius 3 is 2.81 bits per heavy atom.